The van der Waals surface area contributed by atoms with Crippen LogP contribution in [0.3, 0.4) is 0 Å². The van der Waals surface area contributed by atoms with E-state index in [0.29, 0.717) is 13.1 Å². The van der Waals surface area contributed by atoms with Crippen LogP contribution >= 0.6 is 0 Å². The van der Waals surface area contributed by atoms with Crippen LogP contribution in [0.4, 0.5) is 0 Å². The fraction of sp³-hybridized carbons (Fsp3) is 0.905. The third-order valence-electron chi connectivity index (χ3n) is 4.71. The van der Waals surface area contributed by atoms with Crippen LogP contribution in [0.15, 0.2) is 12.3 Å². The van der Waals surface area contributed by atoms with Gasteiger partial charge in [-0.2, -0.15) is 0 Å². The van der Waals surface area contributed by atoms with Gasteiger partial charge in [0.15, 0.2) is 0 Å². The molecule has 0 aromatic carbocycles. The third-order valence-corrected chi connectivity index (χ3v) is 4.71. The second-order valence-electron chi connectivity index (χ2n) is 7.12. The van der Waals surface area contributed by atoms with Crippen molar-refractivity contribution in [1.29, 1.82) is 0 Å². The third kappa shape index (κ3) is 19.5. The first kappa shape index (κ1) is 23.5. The van der Waals surface area contributed by atoms with E-state index in [-0.39, 0.29) is 0 Å². The fourth-order valence-corrected chi connectivity index (χ4v) is 3.11. The predicted molar refractivity (Wildman–Crippen MR) is 108 cm³/mol. The number of rotatable bonds is 19. The summed E-state index contributed by atoms with van der Waals surface area (Å²) < 4.78 is 0. The molecule has 0 rings (SSSR count). The van der Waals surface area contributed by atoms with E-state index in [1.807, 2.05) is 0 Å². The van der Waals surface area contributed by atoms with Gasteiger partial charge in [0.1, 0.15) is 0 Å². The number of hydroxylamine groups is 2. The average Bonchev–Trinajstić information content (AvgIpc) is 2.59. The van der Waals surface area contributed by atoms with E-state index >= 15 is 0 Å². The molecule has 2 N–H and O–H groups in total. The Hall–Kier alpha value is -0.540. The number of nitrogens with two attached hydrogens (primary N) is 1. The topological polar surface area (TPSA) is 52.3 Å². The zero-order chi connectivity index (χ0) is 17.7. The van der Waals surface area contributed by atoms with Gasteiger partial charge in [-0.1, -0.05) is 109 Å². The Labute approximate surface area is 151 Å². The van der Waals surface area contributed by atoms with Gasteiger partial charge in [-0.05, 0) is 19.2 Å². The van der Waals surface area contributed by atoms with Crippen molar-refractivity contribution >= 4 is 0 Å². The molecule has 0 aromatic rings. The van der Waals surface area contributed by atoms with Crippen LogP contribution in [0, 0.1) is 5.21 Å². The minimum absolute atomic E-state index is 0.426. The molecule has 0 radical (unpaired) electrons. The van der Waals surface area contributed by atoms with E-state index in [1.165, 1.54) is 103 Å². The highest BCUT2D eigenvalue weighted by Gasteiger charge is 1.95. The maximum absolute atomic E-state index is 11.4. The highest BCUT2D eigenvalue weighted by molar-refractivity contribution is 4.80. The molecule has 0 saturated heterocycles. The number of hydrogen-bond acceptors (Lipinski definition) is 3. The summed E-state index contributed by atoms with van der Waals surface area (Å²) >= 11 is 0. The number of hydrogen-bond donors (Lipinski definition) is 1. The Morgan fingerprint density at radius 2 is 1.04 bits per heavy atom. The summed E-state index contributed by atoms with van der Waals surface area (Å²) in [5, 5.41) is 12.5. The molecule has 3 nitrogen and oxygen atoms in total. The van der Waals surface area contributed by atoms with Crippen LogP contribution in [-0.2, 0) is 0 Å². The van der Waals surface area contributed by atoms with Gasteiger partial charge in [-0.3, -0.25) is 0 Å². The SMILES string of the molecule is CCCCCCCCCCCCCCCCCCN([O-])CC=CN. The molecule has 24 heavy (non-hydrogen) atoms. The van der Waals surface area contributed by atoms with Crippen molar-refractivity contribution < 1.29 is 0 Å². The molecule has 3 heteroatoms. The maximum Gasteiger partial charge on any atom is 0.00593 e. The van der Waals surface area contributed by atoms with Gasteiger partial charge in [0.2, 0.25) is 0 Å². The van der Waals surface area contributed by atoms with Crippen molar-refractivity contribution in [1.82, 2.24) is 5.06 Å². The quantitative estimate of drug-likeness (QED) is 0.215. The van der Waals surface area contributed by atoms with E-state index < -0.39 is 0 Å². The van der Waals surface area contributed by atoms with Gasteiger partial charge in [0.05, 0.1) is 0 Å². The lowest BCUT2D eigenvalue weighted by atomic mass is 10.0. The second-order valence-corrected chi connectivity index (χ2v) is 7.12. The largest absolute Gasteiger partial charge is 0.785 e. The molecule has 0 atom stereocenters. The van der Waals surface area contributed by atoms with Crippen molar-refractivity contribution in [2.75, 3.05) is 13.1 Å². The van der Waals surface area contributed by atoms with Gasteiger partial charge in [0.25, 0.3) is 0 Å². The van der Waals surface area contributed by atoms with Gasteiger partial charge >= 0.3 is 0 Å². The number of unbranched alkanes of at least 4 members (excludes halogenated alkanes) is 15. The Kier molecular flexibility index (Phi) is 20.0. The Balaban J connectivity index is 3.05. The maximum atomic E-state index is 11.4. The Morgan fingerprint density at radius 3 is 1.42 bits per heavy atom. The fourth-order valence-electron chi connectivity index (χ4n) is 3.11. The minimum atomic E-state index is 0.426. The molecule has 0 aromatic heterocycles. The molecule has 0 heterocycles. The summed E-state index contributed by atoms with van der Waals surface area (Å²) in [6.07, 6.45) is 25.0. The molecule has 0 bridgehead atoms. The standard InChI is InChI=1S/C21H43N2O/c1-2-3-4-5-6-7-8-9-10-11-12-13-14-15-16-17-20-23(24)21-18-19-22/h18-19H,2-17,20-22H2,1H3/q-1. The summed E-state index contributed by atoms with van der Waals surface area (Å²) in [7, 11) is 0. The van der Waals surface area contributed by atoms with Crippen LogP contribution in [0.2, 0.25) is 0 Å². The highest BCUT2D eigenvalue weighted by Crippen LogP contribution is 2.13. The van der Waals surface area contributed by atoms with E-state index in [4.69, 9.17) is 5.73 Å². The van der Waals surface area contributed by atoms with Crippen molar-refractivity contribution in [2.45, 2.75) is 110 Å². The lowest BCUT2D eigenvalue weighted by molar-refractivity contribution is 0.396. The van der Waals surface area contributed by atoms with Gasteiger partial charge in [0, 0.05) is 6.54 Å². The predicted octanol–water partition coefficient (Wildman–Crippen LogP) is 6.52. The van der Waals surface area contributed by atoms with Gasteiger partial charge in [-0.25, -0.2) is 0 Å². The normalized spacial score (nSPS) is 11.8. The van der Waals surface area contributed by atoms with Crippen molar-refractivity contribution in [3.63, 3.8) is 0 Å². The molecular weight excluding hydrogens is 296 g/mol. The van der Waals surface area contributed by atoms with Crippen LogP contribution in [0.5, 0.6) is 0 Å². The zero-order valence-electron chi connectivity index (χ0n) is 16.3. The molecule has 0 amide bonds. The molecule has 0 aliphatic rings. The van der Waals surface area contributed by atoms with Crippen LogP contribution in [0.25, 0.3) is 0 Å². The summed E-state index contributed by atoms with van der Waals surface area (Å²) in [5.41, 5.74) is 5.22. The van der Waals surface area contributed by atoms with Gasteiger partial charge in [-0.15, -0.1) is 0 Å². The van der Waals surface area contributed by atoms with Crippen LogP contribution in [0.1, 0.15) is 110 Å². The van der Waals surface area contributed by atoms with Crippen molar-refractivity contribution in [2.24, 2.45) is 5.73 Å². The van der Waals surface area contributed by atoms with Crippen molar-refractivity contribution in [3.05, 3.63) is 17.5 Å². The molecule has 144 valence electrons. The highest BCUT2D eigenvalue weighted by atomic mass is 16.5. The zero-order valence-corrected chi connectivity index (χ0v) is 16.3. The smallest absolute Gasteiger partial charge is 0.00593 e. The summed E-state index contributed by atoms with van der Waals surface area (Å²) in [6.45, 7) is 3.35. The van der Waals surface area contributed by atoms with E-state index in [9.17, 15) is 5.21 Å². The monoisotopic (exact) mass is 339 g/mol. The Bertz CT molecular complexity index is 256. The van der Waals surface area contributed by atoms with Crippen LogP contribution in [-0.4, -0.2) is 18.2 Å². The Morgan fingerprint density at radius 1 is 0.667 bits per heavy atom. The lowest BCUT2D eigenvalue weighted by Crippen LogP contribution is -2.17. The van der Waals surface area contributed by atoms with Crippen molar-refractivity contribution in [3.8, 4) is 0 Å². The molecule has 0 aliphatic heterocycles. The van der Waals surface area contributed by atoms with Crippen LogP contribution < -0.4 is 5.73 Å². The van der Waals surface area contributed by atoms with E-state index in [2.05, 4.69) is 6.92 Å². The molecule has 0 fully saturated rings. The first-order valence-corrected chi connectivity index (χ1v) is 10.6. The first-order chi connectivity index (χ1) is 11.8. The van der Waals surface area contributed by atoms with E-state index in [0.717, 1.165) is 11.5 Å². The first-order valence-electron chi connectivity index (χ1n) is 10.6. The molecule has 0 saturated carbocycles. The summed E-state index contributed by atoms with van der Waals surface area (Å²) in [6, 6.07) is 0. The van der Waals surface area contributed by atoms with Gasteiger partial charge < -0.3 is 16.0 Å². The van der Waals surface area contributed by atoms with E-state index in [1.54, 1.807) is 6.08 Å². The molecule has 0 aliphatic carbocycles. The minimum Gasteiger partial charge on any atom is -0.785 e. The number of nitrogens with zero attached hydrogens (tertiary/aromatic N) is 1. The summed E-state index contributed by atoms with van der Waals surface area (Å²) in [4.78, 5) is 0. The second kappa shape index (κ2) is 20.5. The lowest BCUT2D eigenvalue weighted by Gasteiger charge is -2.26. The summed E-state index contributed by atoms with van der Waals surface area (Å²) in [5.74, 6) is 0. The molecular formula is C21H43N2O-. The average molecular weight is 340 g/mol. The molecule has 0 unspecified atom stereocenters. The molecule has 0 spiro atoms.